The van der Waals surface area contributed by atoms with Gasteiger partial charge in [-0.3, -0.25) is 0 Å². The Morgan fingerprint density at radius 3 is 2.65 bits per heavy atom. The normalized spacial score (nSPS) is 10.6. The van der Waals surface area contributed by atoms with E-state index in [9.17, 15) is 8.78 Å². The van der Waals surface area contributed by atoms with Crippen molar-refractivity contribution in [3.8, 4) is 5.75 Å². The minimum Gasteiger partial charge on any atom is -0.497 e. The average molecular weight is 343 g/mol. The van der Waals surface area contributed by atoms with Crippen molar-refractivity contribution in [1.82, 2.24) is 0 Å². The van der Waals surface area contributed by atoms with E-state index >= 15 is 0 Å². The predicted molar refractivity (Wildman–Crippen MR) is 75.5 cm³/mol. The fraction of sp³-hybridized carbons (Fsp3) is 0.200. The summed E-state index contributed by atoms with van der Waals surface area (Å²) in [5.41, 5.74) is 0.794. The molecule has 2 aromatic rings. The van der Waals surface area contributed by atoms with Gasteiger partial charge in [-0.1, -0.05) is 12.1 Å². The zero-order chi connectivity index (χ0) is 14.5. The van der Waals surface area contributed by atoms with Gasteiger partial charge in [0.05, 0.1) is 30.4 Å². The molecule has 0 heterocycles. The summed E-state index contributed by atoms with van der Waals surface area (Å²) in [7, 11) is 1.58. The van der Waals surface area contributed by atoms with Crippen molar-refractivity contribution < 1.29 is 18.3 Å². The first-order valence-corrected chi connectivity index (χ1v) is 6.74. The van der Waals surface area contributed by atoms with E-state index in [1.54, 1.807) is 7.11 Å². The van der Waals surface area contributed by atoms with E-state index in [1.807, 2.05) is 24.3 Å². The molecule has 0 radical (unpaired) electrons. The first kappa shape index (κ1) is 14.9. The van der Waals surface area contributed by atoms with Crippen LogP contribution < -0.4 is 4.74 Å². The van der Waals surface area contributed by atoms with Gasteiger partial charge in [0.1, 0.15) is 17.4 Å². The van der Waals surface area contributed by atoms with Gasteiger partial charge in [-0.05, 0) is 45.8 Å². The van der Waals surface area contributed by atoms with Crippen molar-refractivity contribution in [3.63, 3.8) is 0 Å². The van der Waals surface area contributed by atoms with Crippen molar-refractivity contribution in [2.75, 3.05) is 7.11 Å². The third-order valence-electron chi connectivity index (χ3n) is 2.79. The largest absolute Gasteiger partial charge is 0.497 e. The van der Waals surface area contributed by atoms with Crippen LogP contribution >= 0.6 is 15.9 Å². The van der Waals surface area contributed by atoms with E-state index in [0.717, 1.165) is 5.56 Å². The summed E-state index contributed by atoms with van der Waals surface area (Å²) in [4.78, 5) is 0. The lowest BCUT2D eigenvalue weighted by Crippen LogP contribution is -2.01. The van der Waals surface area contributed by atoms with Crippen LogP contribution in [0, 0.1) is 11.6 Å². The fourth-order valence-corrected chi connectivity index (χ4v) is 2.11. The van der Waals surface area contributed by atoms with Crippen molar-refractivity contribution >= 4 is 15.9 Å². The van der Waals surface area contributed by atoms with Crippen LogP contribution in [-0.2, 0) is 18.0 Å². The molecule has 0 saturated carbocycles. The van der Waals surface area contributed by atoms with Crippen LogP contribution in [0.2, 0.25) is 0 Å². The second-order valence-electron chi connectivity index (χ2n) is 4.17. The van der Waals surface area contributed by atoms with E-state index in [0.29, 0.717) is 5.75 Å². The Hall–Kier alpha value is -1.46. The Bertz CT molecular complexity index is 602. The van der Waals surface area contributed by atoms with Gasteiger partial charge in [-0.15, -0.1) is 0 Å². The van der Waals surface area contributed by atoms with Gasteiger partial charge in [0.25, 0.3) is 0 Å². The van der Waals surface area contributed by atoms with Crippen molar-refractivity contribution in [2.24, 2.45) is 0 Å². The van der Waals surface area contributed by atoms with Gasteiger partial charge >= 0.3 is 0 Å². The highest BCUT2D eigenvalue weighted by Gasteiger charge is 2.12. The van der Waals surface area contributed by atoms with Crippen LogP contribution in [0.4, 0.5) is 8.78 Å². The third-order valence-corrected chi connectivity index (χ3v) is 3.40. The summed E-state index contributed by atoms with van der Waals surface area (Å²) in [5.74, 6) is -0.530. The molecular formula is C15H13BrF2O2. The molecule has 0 aliphatic rings. The quantitative estimate of drug-likeness (QED) is 0.747. The molecule has 0 amide bonds. The summed E-state index contributed by atoms with van der Waals surface area (Å²) >= 11 is 3.02. The molecule has 0 aromatic heterocycles. The topological polar surface area (TPSA) is 18.5 Å². The second-order valence-corrected chi connectivity index (χ2v) is 5.02. The Balaban J connectivity index is 2.01. The number of benzene rings is 2. The summed E-state index contributed by atoms with van der Waals surface area (Å²) in [5, 5.41) is 0. The van der Waals surface area contributed by atoms with E-state index in [-0.39, 0.29) is 23.2 Å². The lowest BCUT2D eigenvalue weighted by molar-refractivity contribution is 0.102. The molecule has 0 aliphatic heterocycles. The first-order valence-electron chi connectivity index (χ1n) is 5.95. The minimum atomic E-state index is -0.629. The summed E-state index contributed by atoms with van der Waals surface area (Å²) in [6, 6.07) is 9.85. The molecule has 0 bridgehead atoms. The Kier molecular flexibility index (Phi) is 5.09. The smallest absolute Gasteiger partial charge is 0.145 e. The van der Waals surface area contributed by atoms with Crippen molar-refractivity contribution in [1.29, 1.82) is 0 Å². The fourth-order valence-electron chi connectivity index (χ4n) is 1.73. The highest BCUT2D eigenvalue weighted by Crippen LogP contribution is 2.22. The summed E-state index contributed by atoms with van der Waals surface area (Å²) in [6.07, 6.45) is 0. The molecule has 0 fully saturated rings. The molecule has 0 aliphatic carbocycles. The van der Waals surface area contributed by atoms with Crippen LogP contribution in [0.3, 0.4) is 0 Å². The Morgan fingerprint density at radius 2 is 1.90 bits per heavy atom. The number of halogens is 3. The Morgan fingerprint density at radius 1 is 1.10 bits per heavy atom. The maximum atomic E-state index is 13.7. The molecule has 5 heteroatoms. The van der Waals surface area contributed by atoms with Crippen LogP contribution in [0.25, 0.3) is 0 Å². The number of rotatable bonds is 5. The molecule has 106 valence electrons. The maximum Gasteiger partial charge on any atom is 0.145 e. The molecule has 2 aromatic carbocycles. The van der Waals surface area contributed by atoms with Gasteiger partial charge in [-0.2, -0.15) is 0 Å². The number of ether oxygens (including phenoxy) is 2. The van der Waals surface area contributed by atoms with Gasteiger partial charge in [0, 0.05) is 0 Å². The van der Waals surface area contributed by atoms with Gasteiger partial charge in [-0.25, -0.2) is 8.78 Å². The highest BCUT2D eigenvalue weighted by atomic mass is 79.9. The number of hydrogen-bond acceptors (Lipinski definition) is 2. The van der Waals surface area contributed by atoms with Gasteiger partial charge in [0.15, 0.2) is 0 Å². The van der Waals surface area contributed by atoms with Crippen LogP contribution in [-0.4, -0.2) is 7.11 Å². The van der Waals surface area contributed by atoms with E-state index in [1.165, 1.54) is 12.1 Å². The van der Waals surface area contributed by atoms with Crippen molar-refractivity contribution in [3.05, 3.63) is 63.6 Å². The van der Waals surface area contributed by atoms with Crippen LogP contribution in [0.1, 0.15) is 11.1 Å². The zero-order valence-corrected chi connectivity index (χ0v) is 12.4. The van der Waals surface area contributed by atoms with E-state index < -0.39 is 11.6 Å². The maximum absolute atomic E-state index is 13.7. The average Bonchev–Trinajstić information content (AvgIpc) is 2.47. The number of methoxy groups -OCH3 is 1. The monoisotopic (exact) mass is 342 g/mol. The molecule has 2 nitrogen and oxygen atoms in total. The van der Waals surface area contributed by atoms with Gasteiger partial charge in [0.2, 0.25) is 0 Å². The molecule has 0 atom stereocenters. The predicted octanol–water partition coefficient (Wildman–Crippen LogP) is 4.45. The molecular weight excluding hydrogens is 330 g/mol. The lowest BCUT2D eigenvalue weighted by Gasteiger charge is -2.08. The van der Waals surface area contributed by atoms with Crippen LogP contribution in [0.15, 0.2) is 40.9 Å². The molecule has 20 heavy (non-hydrogen) atoms. The van der Waals surface area contributed by atoms with E-state index in [2.05, 4.69) is 15.9 Å². The first-order chi connectivity index (χ1) is 9.61. The van der Waals surface area contributed by atoms with E-state index in [4.69, 9.17) is 9.47 Å². The van der Waals surface area contributed by atoms with Crippen molar-refractivity contribution in [2.45, 2.75) is 13.2 Å². The standard InChI is InChI=1S/C15H13BrF2O2/c1-19-11-4-2-3-10(7-11)8-20-9-12-14(17)6-5-13(16)15(12)18/h2-7H,8-9H2,1H3. The molecule has 0 N–H and O–H groups in total. The molecule has 0 unspecified atom stereocenters. The lowest BCUT2D eigenvalue weighted by atomic mass is 10.2. The molecule has 0 saturated heterocycles. The molecule has 2 rings (SSSR count). The SMILES string of the molecule is COc1cccc(COCc2c(F)ccc(Br)c2F)c1. The Labute approximate surface area is 124 Å². The molecule has 0 spiro atoms. The third kappa shape index (κ3) is 3.55. The summed E-state index contributed by atoms with van der Waals surface area (Å²) in [6.45, 7) is 0.122. The minimum absolute atomic E-state index is 0.0812. The zero-order valence-electron chi connectivity index (χ0n) is 10.8. The summed E-state index contributed by atoms with van der Waals surface area (Å²) < 4.78 is 37.9. The van der Waals surface area contributed by atoms with Crippen LogP contribution in [0.5, 0.6) is 5.75 Å². The highest BCUT2D eigenvalue weighted by molar-refractivity contribution is 9.10. The van der Waals surface area contributed by atoms with Gasteiger partial charge < -0.3 is 9.47 Å². The number of hydrogen-bond donors (Lipinski definition) is 0. The second kappa shape index (κ2) is 6.81.